The third-order valence-electron chi connectivity index (χ3n) is 12.7. The number of hydrogen-bond donors (Lipinski definition) is 0. The fourth-order valence-electron chi connectivity index (χ4n) is 9.55. The van der Waals surface area contributed by atoms with Crippen molar-refractivity contribution in [1.82, 2.24) is 4.40 Å². The summed E-state index contributed by atoms with van der Waals surface area (Å²) in [5.41, 5.74) is 12.9. The van der Waals surface area contributed by atoms with Crippen LogP contribution in [-0.4, -0.2) is 4.40 Å². The number of benzene rings is 6. The molecule has 0 aliphatic carbocycles. The molecular weight excluding hydrogens is 723 g/mol. The van der Waals surface area contributed by atoms with E-state index in [1.807, 2.05) is 12.1 Å². The van der Waals surface area contributed by atoms with Crippen molar-refractivity contribution in [2.75, 3.05) is 0 Å². The highest BCUT2D eigenvalue weighted by atomic mass is 16.3. The van der Waals surface area contributed by atoms with E-state index in [2.05, 4.69) is 166 Å². The van der Waals surface area contributed by atoms with Crippen molar-refractivity contribution in [3.8, 4) is 23.3 Å². The molecule has 0 bridgehead atoms. The largest absolute Gasteiger partial charge is 0.454 e. The molecule has 10 aromatic rings. The Morgan fingerprint density at radius 1 is 0.441 bits per heavy atom. The number of furan rings is 2. The summed E-state index contributed by atoms with van der Waals surface area (Å²) in [6, 6.07) is 33.4. The van der Waals surface area contributed by atoms with Crippen molar-refractivity contribution in [3.05, 3.63) is 112 Å². The number of rotatable bonds is 1. The predicted octanol–water partition coefficient (Wildman–Crippen LogP) is 15.2. The molecule has 0 N–H and O–H groups in total. The number of hydrogen-bond acceptors (Lipinski definition) is 4. The predicted molar refractivity (Wildman–Crippen MR) is 245 cm³/mol. The Bertz CT molecular complexity index is 3320. The molecule has 0 atom stereocenters. The van der Waals surface area contributed by atoms with Gasteiger partial charge in [0.15, 0.2) is 11.2 Å². The maximum atomic E-state index is 10.9. The van der Waals surface area contributed by atoms with Crippen LogP contribution in [0.4, 0.5) is 0 Å². The lowest BCUT2D eigenvalue weighted by molar-refractivity contribution is 0.558. The molecule has 4 aromatic heterocycles. The van der Waals surface area contributed by atoms with E-state index in [9.17, 15) is 10.5 Å². The Hall–Kier alpha value is -6.30. The second-order valence-electron chi connectivity index (χ2n) is 20.9. The molecule has 0 aliphatic rings. The van der Waals surface area contributed by atoms with Gasteiger partial charge in [-0.25, -0.2) is 0 Å². The number of fused-ring (bicyclic) bond motifs is 14. The molecule has 0 fully saturated rings. The van der Waals surface area contributed by atoms with Gasteiger partial charge in [-0.05, 0) is 80.3 Å². The van der Waals surface area contributed by atoms with Gasteiger partial charge in [0.25, 0.3) is 0 Å². The SMILES string of the molecule is CC(C)(C)c1cc(C(C)(C)C)c2oc3c(C#N)cc4c(c5cc(-c6ccccc6)cc6c7c8c(oc9c(C(C)(C)C)cc(C(C)(C)C)cc98)c(C#N)cc7n4c56)c3c2c1. The number of aromatic nitrogens is 1. The normalized spacial score (nSPS) is 13.4. The number of nitrogens with zero attached hydrogens (tertiary/aromatic N) is 3. The summed E-state index contributed by atoms with van der Waals surface area (Å²) in [5.74, 6) is 0. The highest BCUT2D eigenvalue weighted by Crippen LogP contribution is 2.52. The summed E-state index contributed by atoms with van der Waals surface area (Å²) in [7, 11) is 0. The van der Waals surface area contributed by atoms with Crippen molar-refractivity contribution in [2.24, 2.45) is 0 Å². The minimum absolute atomic E-state index is 0.123. The molecule has 6 aromatic carbocycles. The van der Waals surface area contributed by atoms with E-state index >= 15 is 0 Å². The topological polar surface area (TPSA) is 78.3 Å². The van der Waals surface area contributed by atoms with E-state index in [-0.39, 0.29) is 21.7 Å². The van der Waals surface area contributed by atoms with Crippen molar-refractivity contribution in [1.29, 1.82) is 10.5 Å². The number of nitriles is 2. The van der Waals surface area contributed by atoms with Gasteiger partial charge in [0.2, 0.25) is 0 Å². The second-order valence-corrected chi connectivity index (χ2v) is 20.9. The quantitative estimate of drug-likeness (QED) is 0.166. The highest BCUT2D eigenvalue weighted by molar-refractivity contribution is 6.37. The molecule has 5 nitrogen and oxygen atoms in total. The van der Waals surface area contributed by atoms with Crippen LogP contribution in [-0.2, 0) is 21.7 Å². The maximum absolute atomic E-state index is 10.9. The second kappa shape index (κ2) is 11.7. The molecule has 0 saturated carbocycles. The van der Waals surface area contributed by atoms with Gasteiger partial charge in [-0.3, -0.25) is 0 Å². The molecule has 4 heterocycles. The Morgan fingerprint density at radius 2 is 0.864 bits per heavy atom. The molecule has 0 aliphatic heterocycles. The van der Waals surface area contributed by atoms with Crippen LogP contribution < -0.4 is 0 Å². The van der Waals surface area contributed by atoms with Crippen LogP contribution in [0.25, 0.3) is 93.1 Å². The van der Waals surface area contributed by atoms with Gasteiger partial charge in [-0.2, -0.15) is 10.5 Å². The van der Waals surface area contributed by atoms with Crippen LogP contribution in [0.15, 0.2) is 87.7 Å². The van der Waals surface area contributed by atoms with Crippen molar-refractivity contribution < 1.29 is 8.83 Å². The summed E-state index contributed by atoms with van der Waals surface area (Å²) >= 11 is 0. The standard InChI is InChI=1S/C54H49N3O2/c1-51(2,3)32-22-36-44-42-34-18-29(28-16-14-13-15-17-28)19-35-43-41(57(46(34)35)40(42)20-30(26-55)47(44)58-49(36)38(24-32)53(7,8)9)21-31(27-56)48-45(43)37-23-33(52(4,5)6)25-39(50(37)59-48)54(10,11)12/h13-25H,1-12H3. The van der Waals surface area contributed by atoms with Gasteiger partial charge in [0.05, 0.1) is 27.7 Å². The molecule has 59 heavy (non-hydrogen) atoms. The van der Waals surface area contributed by atoms with Crippen LogP contribution in [0.1, 0.15) is 116 Å². The summed E-state index contributed by atoms with van der Waals surface area (Å²) in [6.07, 6.45) is 0. The first-order valence-electron chi connectivity index (χ1n) is 20.7. The van der Waals surface area contributed by atoms with Crippen LogP contribution >= 0.6 is 0 Å². The van der Waals surface area contributed by atoms with Gasteiger partial charge < -0.3 is 13.2 Å². The summed E-state index contributed by atoms with van der Waals surface area (Å²) < 4.78 is 16.1. The summed E-state index contributed by atoms with van der Waals surface area (Å²) in [4.78, 5) is 0. The molecule has 5 heteroatoms. The molecule has 0 amide bonds. The van der Waals surface area contributed by atoms with Crippen LogP contribution in [0.2, 0.25) is 0 Å². The molecule has 0 unspecified atom stereocenters. The lowest BCUT2D eigenvalue weighted by atomic mass is 9.79. The van der Waals surface area contributed by atoms with Gasteiger partial charge in [0.1, 0.15) is 23.3 Å². The van der Waals surface area contributed by atoms with Gasteiger partial charge in [-0.15, -0.1) is 0 Å². The molecule has 0 radical (unpaired) electrons. The maximum Gasteiger partial charge on any atom is 0.153 e. The first-order chi connectivity index (χ1) is 27.7. The van der Waals surface area contributed by atoms with Gasteiger partial charge in [-0.1, -0.05) is 126 Å². The molecule has 0 saturated heterocycles. The van der Waals surface area contributed by atoms with E-state index in [1.54, 1.807) is 0 Å². The molecular formula is C54H49N3O2. The molecule has 292 valence electrons. The molecule has 10 rings (SSSR count). The summed E-state index contributed by atoms with van der Waals surface area (Å²) in [5, 5.41) is 30.0. The zero-order chi connectivity index (χ0) is 41.9. The fraction of sp³-hybridized carbons (Fsp3) is 0.296. The Labute approximate surface area is 344 Å². The highest BCUT2D eigenvalue weighted by Gasteiger charge is 2.32. The van der Waals surface area contributed by atoms with Crippen LogP contribution in [0, 0.1) is 22.7 Å². The third kappa shape index (κ3) is 5.13. The third-order valence-corrected chi connectivity index (χ3v) is 12.7. The fourth-order valence-corrected chi connectivity index (χ4v) is 9.55. The Morgan fingerprint density at radius 3 is 1.24 bits per heavy atom. The van der Waals surface area contributed by atoms with E-state index in [4.69, 9.17) is 8.83 Å². The first kappa shape index (κ1) is 37.0. The Balaban J connectivity index is 1.51. The van der Waals surface area contributed by atoms with E-state index in [0.717, 1.165) is 93.1 Å². The monoisotopic (exact) mass is 771 g/mol. The van der Waals surface area contributed by atoms with Crippen molar-refractivity contribution >= 4 is 82.0 Å². The van der Waals surface area contributed by atoms with Crippen LogP contribution in [0.5, 0.6) is 0 Å². The van der Waals surface area contributed by atoms with E-state index in [1.165, 1.54) is 11.1 Å². The molecule has 0 spiro atoms. The van der Waals surface area contributed by atoms with E-state index in [0.29, 0.717) is 22.3 Å². The van der Waals surface area contributed by atoms with Gasteiger partial charge in [0, 0.05) is 54.2 Å². The minimum Gasteiger partial charge on any atom is -0.454 e. The average molecular weight is 772 g/mol. The first-order valence-corrected chi connectivity index (χ1v) is 20.7. The van der Waals surface area contributed by atoms with Crippen molar-refractivity contribution in [3.63, 3.8) is 0 Å². The smallest absolute Gasteiger partial charge is 0.153 e. The average Bonchev–Trinajstić information content (AvgIpc) is 3.91. The Kier molecular flexibility index (Phi) is 7.32. The van der Waals surface area contributed by atoms with Gasteiger partial charge >= 0.3 is 0 Å². The lowest BCUT2D eigenvalue weighted by Gasteiger charge is -2.25. The van der Waals surface area contributed by atoms with Crippen molar-refractivity contribution in [2.45, 2.75) is 105 Å². The summed E-state index contributed by atoms with van der Waals surface area (Å²) in [6.45, 7) is 26.9. The minimum atomic E-state index is -0.211. The lowest BCUT2D eigenvalue weighted by Crippen LogP contribution is -2.16. The van der Waals surface area contributed by atoms with Crippen LogP contribution in [0.3, 0.4) is 0 Å². The zero-order valence-electron chi connectivity index (χ0n) is 36.2. The zero-order valence-corrected chi connectivity index (χ0v) is 36.2. The van der Waals surface area contributed by atoms with E-state index < -0.39 is 0 Å².